The van der Waals surface area contributed by atoms with Gasteiger partial charge >= 0.3 is 0 Å². The predicted octanol–water partition coefficient (Wildman–Crippen LogP) is 2.39. The first-order chi connectivity index (χ1) is 11.9. The van der Waals surface area contributed by atoms with Crippen LogP contribution in [0.25, 0.3) is 0 Å². The molecule has 0 bridgehead atoms. The van der Waals surface area contributed by atoms with E-state index in [0.29, 0.717) is 24.6 Å². The number of carbonyl (C=O) groups is 1. The SMILES string of the molecule is COc1ccc(Cn2cc(C(=O)N(C)CCC(N)C(C)C)cn2)cc1. The molecule has 2 rings (SSSR count). The minimum absolute atomic E-state index is 0.0306. The lowest BCUT2D eigenvalue weighted by atomic mass is 10.0. The highest BCUT2D eigenvalue weighted by Crippen LogP contribution is 2.13. The average molecular weight is 344 g/mol. The average Bonchev–Trinajstić information content (AvgIpc) is 3.07. The number of hydrogen-bond donors (Lipinski definition) is 1. The molecule has 136 valence electrons. The van der Waals surface area contributed by atoms with Crippen LogP contribution in [0.2, 0.25) is 0 Å². The molecule has 2 N–H and O–H groups in total. The third-order valence-corrected chi connectivity index (χ3v) is 4.38. The highest BCUT2D eigenvalue weighted by Gasteiger charge is 2.16. The number of ether oxygens (including phenoxy) is 1. The van der Waals surface area contributed by atoms with E-state index >= 15 is 0 Å². The number of rotatable bonds is 8. The van der Waals surface area contributed by atoms with Crippen molar-refractivity contribution < 1.29 is 9.53 Å². The zero-order valence-corrected chi connectivity index (χ0v) is 15.5. The van der Waals surface area contributed by atoms with Gasteiger partial charge in [0.2, 0.25) is 0 Å². The van der Waals surface area contributed by atoms with Gasteiger partial charge < -0.3 is 15.4 Å². The van der Waals surface area contributed by atoms with Crippen LogP contribution in [0.4, 0.5) is 0 Å². The molecule has 1 aromatic heterocycles. The molecule has 0 aliphatic carbocycles. The van der Waals surface area contributed by atoms with E-state index in [1.807, 2.05) is 24.3 Å². The second kappa shape index (κ2) is 8.67. The Balaban J connectivity index is 1.93. The van der Waals surface area contributed by atoms with Crippen LogP contribution in [0.3, 0.4) is 0 Å². The van der Waals surface area contributed by atoms with Crippen molar-refractivity contribution in [3.63, 3.8) is 0 Å². The van der Waals surface area contributed by atoms with E-state index in [-0.39, 0.29) is 11.9 Å². The van der Waals surface area contributed by atoms with Crippen molar-refractivity contribution in [1.82, 2.24) is 14.7 Å². The Hall–Kier alpha value is -2.34. The first-order valence-corrected chi connectivity index (χ1v) is 8.57. The van der Waals surface area contributed by atoms with Crippen LogP contribution >= 0.6 is 0 Å². The van der Waals surface area contributed by atoms with Crippen LogP contribution in [-0.2, 0) is 6.54 Å². The Kier molecular flexibility index (Phi) is 6.58. The molecule has 0 saturated carbocycles. The quantitative estimate of drug-likeness (QED) is 0.798. The number of amides is 1. The van der Waals surface area contributed by atoms with Crippen molar-refractivity contribution in [2.24, 2.45) is 11.7 Å². The van der Waals surface area contributed by atoms with Crippen LogP contribution in [-0.4, -0.2) is 47.3 Å². The highest BCUT2D eigenvalue weighted by molar-refractivity contribution is 5.93. The number of methoxy groups -OCH3 is 1. The van der Waals surface area contributed by atoms with Crippen LogP contribution in [0.15, 0.2) is 36.7 Å². The molecule has 0 saturated heterocycles. The summed E-state index contributed by atoms with van der Waals surface area (Å²) < 4.78 is 6.92. The number of nitrogens with two attached hydrogens (primary N) is 1. The number of benzene rings is 1. The first-order valence-electron chi connectivity index (χ1n) is 8.57. The standard InChI is InChI=1S/C19H28N4O2/c1-14(2)18(20)9-10-22(3)19(24)16-11-21-23(13-16)12-15-5-7-17(25-4)8-6-15/h5-8,11,13-14,18H,9-10,12,20H2,1-4H3. The second-order valence-electron chi connectivity index (χ2n) is 6.70. The lowest BCUT2D eigenvalue weighted by molar-refractivity contribution is 0.0789. The van der Waals surface area contributed by atoms with E-state index in [1.165, 1.54) is 0 Å². The van der Waals surface area contributed by atoms with Gasteiger partial charge in [0.05, 0.1) is 25.4 Å². The molecular weight excluding hydrogens is 316 g/mol. The minimum Gasteiger partial charge on any atom is -0.497 e. The van der Waals surface area contributed by atoms with E-state index in [0.717, 1.165) is 17.7 Å². The van der Waals surface area contributed by atoms with Crippen molar-refractivity contribution >= 4 is 5.91 Å². The molecule has 1 heterocycles. The van der Waals surface area contributed by atoms with E-state index in [2.05, 4.69) is 18.9 Å². The second-order valence-corrected chi connectivity index (χ2v) is 6.70. The van der Waals surface area contributed by atoms with Gasteiger partial charge in [-0.15, -0.1) is 0 Å². The van der Waals surface area contributed by atoms with Gasteiger partial charge in [-0.1, -0.05) is 26.0 Å². The molecule has 0 spiro atoms. The van der Waals surface area contributed by atoms with Crippen molar-refractivity contribution in [2.75, 3.05) is 20.7 Å². The number of nitrogens with zero attached hydrogens (tertiary/aromatic N) is 3. The predicted molar refractivity (Wildman–Crippen MR) is 98.7 cm³/mol. The first kappa shape index (κ1) is 19.0. The van der Waals surface area contributed by atoms with E-state index in [4.69, 9.17) is 10.5 Å². The number of hydrogen-bond acceptors (Lipinski definition) is 4. The molecule has 6 nitrogen and oxygen atoms in total. The molecule has 2 aromatic rings. The van der Waals surface area contributed by atoms with Gasteiger partial charge in [0.1, 0.15) is 5.75 Å². The zero-order valence-electron chi connectivity index (χ0n) is 15.5. The van der Waals surface area contributed by atoms with Gasteiger partial charge in [0, 0.05) is 25.8 Å². The summed E-state index contributed by atoms with van der Waals surface area (Å²) in [6.45, 7) is 5.44. The maximum atomic E-state index is 12.5. The molecule has 0 aliphatic rings. The maximum absolute atomic E-state index is 12.5. The smallest absolute Gasteiger partial charge is 0.256 e. The fourth-order valence-corrected chi connectivity index (χ4v) is 2.48. The van der Waals surface area contributed by atoms with Gasteiger partial charge in [0.25, 0.3) is 5.91 Å². The molecule has 1 atom stereocenters. The topological polar surface area (TPSA) is 73.4 Å². The summed E-state index contributed by atoms with van der Waals surface area (Å²) in [5.41, 5.74) is 7.74. The summed E-state index contributed by atoms with van der Waals surface area (Å²) >= 11 is 0. The lowest BCUT2D eigenvalue weighted by Gasteiger charge is -2.21. The maximum Gasteiger partial charge on any atom is 0.256 e. The molecule has 1 amide bonds. The Morgan fingerprint density at radius 1 is 1.32 bits per heavy atom. The molecule has 1 aromatic carbocycles. The highest BCUT2D eigenvalue weighted by atomic mass is 16.5. The fraction of sp³-hybridized carbons (Fsp3) is 0.474. The van der Waals surface area contributed by atoms with Gasteiger partial charge in [-0.25, -0.2) is 0 Å². The van der Waals surface area contributed by atoms with Gasteiger partial charge in [-0.3, -0.25) is 9.48 Å². The number of aromatic nitrogens is 2. The van der Waals surface area contributed by atoms with Crippen molar-refractivity contribution in [1.29, 1.82) is 0 Å². The normalized spacial score (nSPS) is 12.2. The van der Waals surface area contributed by atoms with Crippen molar-refractivity contribution in [3.05, 3.63) is 47.8 Å². The summed E-state index contributed by atoms with van der Waals surface area (Å²) in [7, 11) is 3.45. The number of carbonyl (C=O) groups excluding carboxylic acids is 1. The van der Waals surface area contributed by atoms with Crippen LogP contribution in [0.1, 0.15) is 36.2 Å². The molecule has 0 aliphatic heterocycles. The summed E-state index contributed by atoms with van der Waals surface area (Å²) in [5, 5.41) is 4.29. The Bertz CT molecular complexity index is 679. The Morgan fingerprint density at radius 3 is 2.60 bits per heavy atom. The molecule has 6 heteroatoms. The van der Waals surface area contributed by atoms with Crippen LogP contribution < -0.4 is 10.5 Å². The van der Waals surface area contributed by atoms with E-state index in [9.17, 15) is 4.79 Å². The fourth-order valence-electron chi connectivity index (χ4n) is 2.48. The summed E-state index contributed by atoms with van der Waals surface area (Å²) in [4.78, 5) is 14.2. The third-order valence-electron chi connectivity index (χ3n) is 4.38. The summed E-state index contributed by atoms with van der Waals surface area (Å²) in [5.74, 6) is 1.20. The molecular formula is C19H28N4O2. The van der Waals surface area contributed by atoms with Crippen LogP contribution in [0, 0.1) is 5.92 Å². The molecule has 0 radical (unpaired) electrons. The lowest BCUT2D eigenvalue weighted by Crippen LogP contribution is -2.34. The summed E-state index contributed by atoms with van der Waals surface area (Å²) in [6, 6.07) is 7.91. The largest absolute Gasteiger partial charge is 0.497 e. The zero-order chi connectivity index (χ0) is 18.4. The monoisotopic (exact) mass is 344 g/mol. The van der Waals surface area contributed by atoms with Crippen molar-refractivity contribution in [2.45, 2.75) is 32.9 Å². The third kappa shape index (κ3) is 5.32. The molecule has 25 heavy (non-hydrogen) atoms. The van der Waals surface area contributed by atoms with Gasteiger partial charge in [-0.05, 0) is 30.0 Å². The Labute approximate surface area is 149 Å². The van der Waals surface area contributed by atoms with E-state index < -0.39 is 0 Å². The van der Waals surface area contributed by atoms with Gasteiger partial charge in [-0.2, -0.15) is 5.10 Å². The van der Waals surface area contributed by atoms with Crippen LogP contribution in [0.5, 0.6) is 5.75 Å². The Morgan fingerprint density at radius 2 is 2.00 bits per heavy atom. The molecule has 1 unspecified atom stereocenters. The van der Waals surface area contributed by atoms with Gasteiger partial charge in [0.15, 0.2) is 0 Å². The molecule has 0 fully saturated rings. The van der Waals surface area contributed by atoms with Crippen molar-refractivity contribution in [3.8, 4) is 5.75 Å². The minimum atomic E-state index is -0.0306. The van der Waals surface area contributed by atoms with E-state index in [1.54, 1.807) is 36.1 Å². The summed E-state index contributed by atoms with van der Waals surface area (Å²) in [6.07, 6.45) is 4.19.